The number of nitrogen functional groups attached to an aromatic ring is 1. The highest BCUT2D eigenvalue weighted by Crippen LogP contribution is 2.33. The van der Waals surface area contributed by atoms with E-state index in [9.17, 15) is 27.6 Å². The van der Waals surface area contributed by atoms with Gasteiger partial charge in [-0.2, -0.15) is 18.3 Å². The van der Waals surface area contributed by atoms with Gasteiger partial charge >= 0.3 is 18.3 Å². The summed E-state index contributed by atoms with van der Waals surface area (Å²) < 4.78 is 45.5. The lowest BCUT2D eigenvalue weighted by atomic mass is 10.0. The van der Waals surface area contributed by atoms with Crippen molar-refractivity contribution in [2.24, 2.45) is 0 Å². The topological polar surface area (TPSA) is 178 Å². The second-order valence-corrected chi connectivity index (χ2v) is 9.96. The Morgan fingerprint density at radius 3 is 2.49 bits per heavy atom. The van der Waals surface area contributed by atoms with Crippen molar-refractivity contribution in [3.05, 3.63) is 66.2 Å². The van der Waals surface area contributed by atoms with Crippen LogP contribution in [0.1, 0.15) is 49.2 Å². The molecule has 1 atom stereocenters. The van der Waals surface area contributed by atoms with Crippen LogP contribution in [-0.2, 0) is 10.9 Å². The molecule has 4 rings (SSSR count). The largest absolute Gasteiger partial charge is 0.447 e. The van der Waals surface area contributed by atoms with Gasteiger partial charge in [0.05, 0.1) is 5.56 Å². The number of benzene rings is 1. The minimum Gasteiger partial charge on any atom is -0.447 e. The van der Waals surface area contributed by atoms with E-state index in [0.717, 1.165) is 25.0 Å². The molecule has 238 valence electrons. The van der Waals surface area contributed by atoms with Crippen molar-refractivity contribution in [3.8, 4) is 11.1 Å². The molecule has 3 aromatic heterocycles. The molecular weight excluding hydrogens is 595 g/mol. The number of hydrogen-bond acceptors (Lipinski definition) is 8. The van der Waals surface area contributed by atoms with E-state index >= 15 is 0 Å². The zero-order valence-electron chi connectivity index (χ0n) is 24.4. The number of aromatic nitrogens is 4. The number of halogens is 3. The highest BCUT2D eigenvalue weighted by Gasteiger charge is 2.32. The summed E-state index contributed by atoms with van der Waals surface area (Å²) in [7, 11) is 0. The number of rotatable bonds is 11. The molecule has 45 heavy (non-hydrogen) atoms. The summed E-state index contributed by atoms with van der Waals surface area (Å²) in [4.78, 5) is 45.0. The second-order valence-electron chi connectivity index (χ2n) is 9.96. The molecule has 0 aliphatic carbocycles. The van der Waals surface area contributed by atoms with Gasteiger partial charge in [-0.15, -0.1) is 0 Å². The highest BCUT2D eigenvalue weighted by atomic mass is 19.4. The highest BCUT2D eigenvalue weighted by molar-refractivity contribution is 6.07. The van der Waals surface area contributed by atoms with Crippen LogP contribution < -0.4 is 27.0 Å². The molecule has 4 aromatic rings. The van der Waals surface area contributed by atoms with Crippen LogP contribution in [0.4, 0.5) is 40.1 Å². The molecule has 0 saturated heterocycles. The molecule has 6 N–H and O–H groups in total. The lowest BCUT2D eigenvalue weighted by Gasteiger charge is -2.13. The van der Waals surface area contributed by atoms with Gasteiger partial charge in [-0.05, 0) is 49.6 Å². The van der Waals surface area contributed by atoms with Gasteiger partial charge in [-0.25, -0.2) is 24.1 Å². The van der Waals surface area contributed by atoms with Gasteiger partial charge in [0, 0.05) is 30.5 Å². The number of pyridine rings is 1. The monoisotopic (exact) mass is 627 g/mol. The summed E-state index contributed by atoms with van der Waals surface area (Å²) in [5, 5.41) is 14.4. The first-order valence-corrected chi connectivity index (χ1v) is 14.0. The number of nitrogens with one attached hydrogen (secondary N) is 4. The SMILES string of the molecule is CCCC(C)OC(=O)NCCCNC(=O)c1cn2ncnc(N)c2c1-c1ccc(NC(=O)Nc2cccc(C(F)(F)F)n2)cc1. The van der Waals surface area contributed by atoms with E-state index in [1.165, 1.54) is 23.1 Å². The Balaban J connectivity index is 1.42. The number of carbonyl (C=O) groups excluding carboxylic acids is 3. The summed E-state index contributed by atoms with van der Waals surface area (Å²) in [5.41, 5.74) is 6.97. The Kier molecular flexibility index (Phi) is 10.4. The van der Waals surface area contributed by atoms with Crippen molar-refractivity contribution in [3.63, 3.8) is 0 Å². The third-order valence-electron chi connectivity index (χ3n) is 6.47. The molecule has 0 aliphatic heterocycles. The molecule has 0 bridgehead atoms. The lowest BCUT2D eigenvalue weighted by molar-refractivity contribution is -0.141. The Morgan fingerprint density at radius 1 is 1.04 bits per heavy atom. The van der Waals surface area contributed by atoms with Crippen LogP contribution in [0.5, 0.6) is 0 Å². The molecule has 0 saturated carbocycles. The van der Waals surface area contributed by atoms with Gasteiger partial charge in [0.15, 0.2) is 5.82 Å². The molecule has 0 aliphatic rings. The number of hydrogen-bond donors (Lipinski definition) is 5. The standard InChI is InChI=1S/C29H32F3N9O4/c1-3-6-17(2)45-28(44)35-14-5-13-34-26(42)20-15-41-24(25(33)36-16-37-41)23(20)18-9-11-19(12-10-18)38-27(43)40-22-8-4-7-21(39-22)29(30,31)32/h4,7-12,15-17H,3,5-6,13-14H2,1-2H3,(H,34,42)(H,35,44)(H2,33,36,37)(H2,38,39,40,43). The lowest BCUT2D eigenvalue weighted by Crippen LogP contribution is -2.31. The van der Waals surface area contributed by atoms with Crippen molar-refractivity contribution in [2.75, 3.05) is 29.5 Å². The summed E-state index contributed by atoms with van der Waals surface area (Å²) in [6.45, 7) is 4.38. The number of anilines is 3. The van der Waals surface area contributed by atoms with Gasteiger partial charge < -0.3 is 26.4 Å². The fourth-order valence-electron chi connectivity index (χ4n) is 4.43. The first kappa shape index (κ1) is 32.5. The van der Waals surface area contributed by atoms with Crippen molar-refractivity contribution in [2.45, 2.75) is 45.4 Å². The summed E-state index contributed by atoms with van der Waals surface area (Å²) in [6.07, 6.45) is -0.464. The smallest absolute Gasteiger partial charge is 0.433 e. The van der Waals surface area contributed by atoms with Crippen molar-refractivity contribution >= 4 is 40.9 Å². The minimum atomic E-state index is -4.66. The fourth-order valence-corrected chi connectivity index (χ4v) is 4.43. The number of alkyl halides is 3. The number of amides is 4. The molecule has 1 aromatic carbocycles. The molecule has 13 nitrogen and oxygen atoms in total. The number of nitrogens with zero attached hydrogens (tertiary/aromatic N) is 4. The number of ether oxygens (including phenoxy) is 1. The van der Waals surface area contributed by atoms with Gasteiger partial charge in [-0.3, -0.25) is 10.1 Å². The number of carbonyl (C=O) groups is 3. The normalized spacial score (nSPS) is 11.9. The van der Waals surface area contributed by atoms with E-state index in [1.54, 1.807) is 24.3 Å². The van der Waals surface area contributed by atoms with Crippen LogP contribution in [0, 0.1) is 0 Å². The van der Waals surface area contributed by atoms with Crippen LogP contribution in [0.25, 0.3) is 16.6 Å². The third-order valence-corrected chi connectivity index (χ3v) is 6.47. The average molecular weight is 628 g/mol. The maximum Gasteiger partial charge on any atom is 0.433 e. The van der Waals surface area contributed by atoms with E-state index in [2.05, 4.69) is 36.3 Å². The molecule has 0 spiro atoms. The predicted octanol–water partition coefficient (Wildman–Crippen LogP) is 5.07. The molecule has 16 heteroatoms. The van der Waals surface area contributed by atoms with Crippen LogP contribution in [0.2, 0.25) is 0 Å². The number of alkyl carbamates (subject to hydrolysis) is 1. The third kappa shape index (κ3) is 8.58. The van der Waals surface area contributed by atoms with Crippen molar-refractivity contribution in [1.29, 1.82) is 0 Å². The van der Waals surface area contributed by atoms with Crippen molar-refractivity contribution in [1.82, 2.24) is 30.2 Å². The van der Waals surface area contributed by atoms with E-state index < -0.39 is 29.9 Å². The van der Waals surface area contributed by atoms with Crippen LogP contribution in [-0.4, -0.2) is 56.8 Å². The maximum atomic E-state index is 13.2. The van der Waals surface area contributed by atoms with E-state index in [-0.39, 0.29) is 29.8 Å². The van der Waals surface area contributed by atoms with Crippen LogP contribution >= 0.6 is 0 Å². The summed E-state index contributed by atoms with van der Waals surface area (Å²) in [6, 6.07) is 8.71. The van der Waals surface area contributed by atoms with Crippen molar-refractivity contribution < 1.29 is 32.3 Å². The zero-order valence-corrected chi connectivity index (χ0v) is 24.4. The van der Waals surface area contributed by atoms with E-state index in [4.69, 9.17) is 10.5 Å². The summed E-state index contributed by atoms with van der Waals surface area (Å²) in [5.74, 6) is -0.555. The van der Waals surface area contributed by atoms with Gasteiger partial charge in [0.1, 0.15) is 29.5 Å². The summed E-state index contributed by atoms with van der Waals surface area (Å²) >= 11 is 0. The number of urea groups is 1. The number of fused-ring (bicyclic) bond motifs is 1. The first-order chi connectivity index (χ1) is 21.5. The molecule has 4 amide bonds. The fraction of sp³-hybridized carbons (Fsp3) is 0.310. The van der Waals surface area contributed by atoms with Crippen LogP contribution in [0.15, 0.2) is 55.0 Å². The maximum absolute atomic E-state index is 13.2. The number of nitrogens with two attached hydrogens (primary N) is 1. The minimum absolute atomic E-state index is 0.134. The first-order valence-electron chi connectivity index (χ1n) is 14.0. The Labute approximate surface area is 255 Å². The second kappa shape index (κ2) is 14.4. The Hall–Kier alpha value is -5.41. The molecular formula is C29H32F3N9O4. The van der Waals surface area contributed by atoms with Crippen LogP contribution in [0.3, 0.4) is 0 Å². The molecule has 0 fully saturated rings. The average Bonchev–Trinajstić information content (AvgIpc) is 3.38. The molecule has 1 unspecified atom stereocenters. The quantitative estimate of drug-likeness (QED) is 0.143. The predicted molar refractivity (Wildman–Crippen MR) is 161 cm³/mol. The zero-order chi connectivity index (χ0) is 32.6. The van der Waals surface area contributed by atoms with E-state index in [1.807, 2.05) is 13.8 Å². The molecule has 3 heterocycles. The van der Waals surface area contributed by atoms with E-state index in [0.29, 0.717) is 35.3 Å². The van der Waals surface area contributed by atoms with Gasteiger partial charge in [0.2, 0.25) is 0 Å². The Morgan fingerprint density at radius 2 is 1.78 bits per heavy atom. The molecule has 0 radical (unpaired) electrons. The van der Waals surface area contributed by atoms with Gasteiger partial charge in [0.25, 0.3) is 5.91 Å². The van der Waals surface area contributed by atoms with Gasteiger partial charge in [-0.1, -0.05) is 31.5 Å². The Bertz CT molecular complexity index is 1660.